The Morgan fingerprint density at radius 3 is 2.88 bits per heavy atom. The first-order chi connectivity index (χ1) is 8.36. The minimum Gasteiger partial charge on any atom is -0.465 e. The zero-order valence-electron chi connectivity index (χ0n) is 10.0. The molecule has 0 aliphatic carbocycles. The summed E-state index contributed by atoms with van der Waals surface area (Å²) in [6, 6.07) is 10.2. The van der Waals surface area contributed by atoms with Gasteiger partial charge in [-0.25, -0.2) is 0 Å². The molecule has 0 bridgehead atoms. The van der Waals surface area contributed by atoms with E-state index in [1.807, 2.05) is 18.2 Å². The number of hydrogen-bond donors (Lipinski definition) is 1. The largest absolute Gasteiger partial charge is 0.465 e. The number of ether oxygens (including phenoxy) is 1. The van der Waals surface area contributed by atoms with Crippen molar-refractivity contribution in [2.45, 2.75) is 31.7 Å². The maximum Gasteiger partial charge on any atom is 0.323 e. The highest BCUT2D eigenvalue weighted by atomic mass is 16.5. The predicted molar refractivity (Wildman–Crippen MR) is 66.7 cm³/mol. The second-order valence-corrected chi connectivity index (χ2v) is 4.41. The Labute approximate surface area is 102 Å². The molecule has 1 aromatic rings. The normalized spacial score (nSPS) is 19.2. The van der Waals surface area contributed by atoms with Gasteiger partial charge in [0.25, 0.3) is 0 Å². The molecule has 1 aromatic carbocycles. The summed E-state index contributed by atoms with van der Waals surface area (Å²) >= 11 is 0. The van der Waals surface area contributed by atoms with Crippen LogP contribution >= 0.6 is 0 Å². The van der Waals surface area contributed by atoms with E-state index in [1.165, 1.54) is 5.56 Å². The smallest absolute Gasteiger partial charge is 0.323 e. The fourth-order valence-corrected chi connectivity index (χ4v) is 2.08. The van der Waals surface area contributed by atoms with Crippen molar-refractivity contribution in [2.24, 2.45) is 0 Å². The zero-order valence-corrected chi connectivity index (χ0v) is 10.0. The Bertz CT molecular complexity index is 344. The van der Waals surface area contributed by atoms with Crippen LogP contribution in [0, 0.1) is 0 Å². The number of nitrogens with one attached hydrogen (secondary N) is 1. The molecule has 1 heterocycles. The van der Waals surface area contributed by atoms with E-state index >= 15 is 0 Å². The highest BCUT2D eigenvalue weighted by Gasteiger charge is 2.22. The lowest BCUT2D eigenvalue weighted by Crippen LogP contribution is -2.32. The molecule has 1 saturated heterocycles. The lowest BCUT2D eigenvalue weighted by molar-refractivity contribution is -0.145. The molecule has 1 atom stereocenters. The summed E-state index contributed by atoms with van der Waals surface area (Å²) in [5.41, 5.74) is 1.29. The average Bonchev–Trinajstić information content (AvgIpc) is 2.89. The molecule has 1 aliphatic heterocycles. The third-order valence-electron chi connectivity index (χ3n) is 3.04. The predicted octanol–water partition coefficient (Wildman–Crippen LogP) is 1.91. The van der Waals surface area contributed by atoms with Crippen LogP contribution in [0.2, 0.25) is 0 Å². The third-order valence-corrected chi connectivity index (χ3v) is 3.04. The standard InChI is InChI=1S/C14H19NO2/c16-14(13-9-4-10-15-13)17-11-5-8-12-6-2-1-3-7-12/h1-3,6-7,13,15H,4-5,8-11H2/t13-/m0/s1. The summed E-state index contributed by atoms with van der Waals surface area (Å²) in [6.45, 7) is 1.45. The van der Waals surface area contributed by atoms with Crippen LogP contribution in [0.4, 0.5) is 0 Å². The van der Waals surface area contributed by atoms with Crippen LogP contribution in [-0.4, -0.2) is 25.2 Å². The number of esters is 1. The van der Waals surface area contributed by atoms with Crippen molar-refractivity contribution in [1.82, 2.24) is 5.32 Å². The minimum atomic E-state index is -0.0874. The number of hydrogen-bond acceptors (Lipinski definition) is 3. The minimum absolute atomic E-state index is 0.0632. The first-order valence-corrected chi connectivity index (χ1v) is 6.30. The molecule has 3 heteroatoms. The van der Waals surface area contributed by atoms with E-state index in [-0.39, 0.29) is 12.0 Å². The van der Waals surface area contributed by atoms with Gasteiger partial charge in [0.05, 0.1) is 6.61 Å². The summed E-state index contributed by atoms with van der Waals surface area (Å²) in [5.74, 6) is -0.0874. The second-order valence-electron chi connectivity index (χ2n) is 4.41. The average molecular weight is 233 g/mol. The Balaban J connectivity index is 1.61. The summed E-state index contributed by atoms with van der Waals surface area (Å²) in [4.78, 5) is 11.6. The number of rotatable bonds is 5. The SMILES string of the molecule is O=C(OCCCc1ccccc1)[C@@H]1CCCN1. The fourth-order valence-electron chi connectivity index (χ4n) is 2.08. The molecule has 0 amide bonds. The molecule has 0 radical (unpaired) electrons. The van der Waals surface area contributed by atoms with Gasteiger partial charge in [-0.1, -0.05) is 30.3 Å². The van der Waals surface area contributed by atoms with Crippen LogP contribution in [0.3, 0.4) is 0 Å². The van der Waals surface area contributed by atoms with E-state index in [2.05, 4.69) is 17.4 Å². The van der Waals surface area contributed by atoms with E-state index in [0.717, 1.165) is 32.2 Å². The van der Waals surface area contributed by atoms with Crippen molar-refractivity contribution in [2.75, 3.05) is 13.2 Å². The zero-order chi connectivity index (χ0) is 11.9. The second kappa shape index (κ2) is 6.40. The van der Waals surface area contributed by atoms with Crippen LogP contribution in [0.1, 0.15) is 24.8 Å². The Morgan fingerprint density at radius 2 is 2.18 bits per heavy atom. The summed E-state index contributed by atoms with van der Waals surface area (Å²) in [7, 11) is 0. The Kier molecular flexibility index (Phi) is 4.56. The highest BCUT2D eigenvalue weighted by Crippen LogP contribution is 2.07. The molecule has 3 nitrogen and oxygen atoms in total. The molecule has 0 spiro atoms. The lowest BCUT2D eigenvalue weighted by Gasteiger charge is -2.10. The van der Waals surface area contributed by atoms with E-state index in [9.17, 15) is 4.79 Å². The van der Waals surface area contributed by atoms with Gasteiger partial charge < -0.3 is 10.1 Å². The molecule has 92 valence electrons. The summed E-state index contributed by atoms with van der Waals surface area (Å²) in [6.07, 6.45) is 3.84. The van der Waals surface area contributed by atoms with E-state index in [1.54, 1.807) is 0 Å². The molecular weight excluding hydrogens is 214 g/mol. The third kappa shape index (κ3) is 3.86. The quantitative estimate of drug-likeness (QED) is 0.623. The Morgan fingerprint density at radius 1 is 1.35 bits per heavy atom. The van der Waals surface area contributed by atoms with Crippen molar-refractivity contribution in [3.05, 3.63) is 35.9 Å². The molecular formula is C14H19NO2. The van der Waals surface area contributed by atoms with Crippen molar-refractivity contribution in [3.63, 3.8) is 0 Å². The number of aryl methyl sites for hydroxylation is 1. The van der Waals surface area contributed by atoms with Crippen LogP contribution in [0.25, 0.3) is 0 Å². The number of carbonyl (C=O) groups excluding carboxylic acids is 1. The Hall–Kier alpha value is -1.35. The topological polar surface area (TPSA) is 38.3 Å². The van der Waals surface area contributed by atoms with Gasteiger partial charge >= 0.3 is 5.97 Å². The maximum absolute atomic E-state index is 11.6. The molecule has 0 saturated carbocycles. The molecule has 17 heavy (non-hydrogen) atoms. The van der Waals surface area contributed by atoms with Crippen molar-refractivity contribution in [3.8, 4) is 0 Å². The summed E-state index contributed by atoms with van der Waals surface area (Å²) < 4.78 is 5.25. The fraction of sp³-hybridized carbons (Fsp3) is 0.500. The van der Waals surface area contributed by atoms with Gasteiger partial charge in [0, 0.05) is 0 Å². The molecule has 1 aliphatic rings. The molecule has 0 aromatic heterocycles. The molecule has 1 N–H and O–H groups in total. The molecule has 2 rings (SSSR count). The van der Waals surface area contributed by atoms with Crippen molar-refractivity contribution >= 4 is 5.97 Å². The van der Waals surface area contributed by atoms with Crippen LogP contribution in [0.15, 0.2) is 30.3 Å². The van der Waals surface area contributed by atoms with Crippen LogP contribution in [-0.2, 0) is 16.0 Å². The highest BCUT2D eigenvalue weighted by molar-refractivity contribution is 5.76. The van der Waals surface area contributed by atoms with Gasteiger partial charge in [-0.2, -0.15) is 0 Å². The van der Waals surface area contributed by atoms with Crippen LogP contribution in [0.5, 0.6) is 0 Å². The maximum atomic E-state index is 11.6. The van der Waals surface area contributed by atoms with Gasteiger partial charge in [-0.3, -0.25) is 4.79 Å². The molecule has 1 fully saturated rings. The van der Waals surface area contributed by atoms with Gasteiger partial charge in [0.1, 0.15) is 6.04 Å². The number of benzene rings is 1. The first-order valence-electron chi connectivity index (χ1n) is 6.30. The van der Waals surface area contributed by atoms with E-state index in [4.69, 9.17) is 4.74 Å². The summed E-state index contributed by atoms with van der Waals surface area (Å²) in [5, 5.41) is 3.14. The van der Waals surface area contributed by atoms with Crippen LogP contribution < -0.4 is 5.32 Å². The van der Waals surface area contributed by atoms with Crippen molar-refractivity contribution < 1.29 is 9.53 Å². The van der Waals surface area contributed by atoms with Crippen molar-refractivity contribution in [1.29, 1.82) is 0 Å². The van der Waals surface area contributed by atoms with E-state index < -0.39 is 0 Å². The van der Waals surface area contributed by atoms with Gasteiger partial charge in [-0.05, 0) is 37.8 Å². The molecule has 0 unspecified atom stereocenters. The van der Waals surface area contributed by atoms with E-state index in [0.29, 0.717) is 6.61 Å². The van der Waals surface area contributed by atoms with Gasteiger partial charge in [0.15, 0.2) is 0 Å². The van der Waals surface area contributed by atoms with Gasteiger partial charge in [-0.15, -0.1) is 0 Å². The number of carbonyl (C=O) groups is 1. The first kappa shape index (κ1) is 12.1. The lowest BCUT2D eigenvalue weighted by atomic mass is 10.1. The van der Waals surface area contributed by atoms with Gasteiger partial charge in [0.2, 0.25) is 0 Å². The monoisotopic (exact) mass is 233 g/mol.